The molecule has 0 spiro atoms. The zero-order valence-corrected chi connectivity index (χ0v) is 15.7. The number of ether oxygens (including phenoxy) is 2. The van der Waals surface area contributed by atoms with Crippen LogP contribution in [0.5, 0.6) is 11.5 Å². The molecular weight excluding hydrogens is 336 g/mol. The minimum Gasteiger partial charge on any atom is -0.486 e. The van der Waals surface area contributed by atoms with Crippen LogP contribution in [0.1, 0.15) is 22.5 Å². The Morgan fingerprint density at radius 1 is 1.28 bits per heavy atom. The van der Waals surface area contributed by atoms with Gasteiger partial charge in [-0.25, -0.2) is 9.98 Å². The second-order valence-electron chi connectivity index (χ2n) is 5.82. The van der Waals surface area contributed by atoms with Crippen molar-refractivity contribution in [1.82, 2.24) is 15.6 Å². The van der Waals surface area contributed by atoms with Crippen molar-refractivity contribution >= 4 is 17.3 Å². The van der Waals surface area contributed by atoms with Crippen LogP contribution in [0, 0.1) is 13.8 Å². The molecule has 2 N–H and O–H groups in total. The van der Waals surface area contributed by atoms with Crippen LogP contribution in [0.2, 0.25) is 0 Å². The van der Waals surface area contributed by atoms with Gasteiger partial charge in [-0.1, -0.05) is 12.1 Å². The largest absolute Gasteiger partial charge is 0.486 e. The molecular formula is C18H24N4O2S. The Morgan fingerprint density at radius 2 is 2.08 bits per heavy atom. The fourth-order valence-electron chi connectivity index (χ4n) is 2.59. The van der Waals surface area contributed by atoms with Gasteiger partial charge in [0.15, 0.2) is 17.5 Å². The smallest absolute Gasteiger partial charge is 0.191 e. The summed E-state index contributed by atoms with van der Waals surface area (Å²) in [6.07, 6.45) is -0.0499. The van der Waals surface area contributed by atoms with Crippen LogP contribution >= 0.6 is 11.3 Å². The van der Waals surface area contributed by atoms with E-state index < -0.39 is 0 Å². The molecule has 0 saturated carbocycles. The Hall–Kier alpha value is -2.28. The first kappa shape index (κ1) is 17.5. The van der Waals surface area contributed by atoms with Crippen molar-refractivity contribution in [2.24, 2.45) is 4.99 Å². The highest BCUT2D eigenvalue weighted by atomic mass is 32.1. The van der Waals surface area contributed by atoms with Crippen LogP contribution < -0.4 is 20.1 Å². The monoisotopic (exact) mass is 360 g/mol. The van der Waals surface area contributed by atoms with Crippen LogP contribution in [0.4, 0.5) is 0 Å². The van der Waals surface area contributed by atoms with Crippen molar-refractivity contribution in [3.05, 3.63) is 39.8 Å². The molecule has 1 aliphatic rings. The SMILES string of the molecule is CCNC(=NCc1sc(C)nc1C)NCC1COc2ccccc2O1. The quantitative estimate of drug-likeness (QED) is 0.634. The van der Waals surface area contributed by atoms with Crippen LogP contribution in [-0.2, 0) is 6.54 Å². The standard InChI is InChI=1S/C18H24N4O2S/c1-4-19-18(21-10-17-12(2)22-13(3)25-17)20-9-14-11-23-15-7-5-6-8-16(15)24-14/h5-8,14H,4,9-11H2,1-3H3,(H2,19,20,21). The maximum Gasteiger partial charge on any atom is 0.191 e. The average molecular weight is 360 g/mol. The van der Waals surface area contributed by atoms with E-state index in [0.29, 0.717) is 19.7 Å². The van der Waals surface area contributed by atoms with Gasteiger partial charge in [0, 0.05) is 11.4 Å². The lowest BCUT2D eigenvalue weighted by Gasteiger charge is -2.27. The predicted octanol–water partition coefficient (Wildman–Crippen LogP) is 2.66. The fraction of sp³-hybridized carbons (Fsp3) is 0.444. The number of para-hydroxylation sites is 2. The molecule has 0 radical (unpaired) electrons. The van der Waals surface area contributed by atoms with Gasteiger partial charge in [0.05, 0.1) is 23.8 Å². The number of guanidine groups is 1. The van der Waals surface area contributed by atoms with Gasteiger partial charge in [0.1, 0.15) is 12.7 Å². The lowest BCUT2D eigenvalue weighted by Crippen LogP contribution is -2.45. The zero-order valence-electron chi connectivity index (χ0n) is 14.8. The Kier molecular flexibility index (Phi) is 5.75. The summed E-state index contributed by atoms with van der Waals surface area (Å²) in [4.78, 5) is 10.3. The average Bonchev–Trinajstić information content (AvgIpc) is 2.94. The van der Waals surface area contributed by atoms with Crippen molar-refractivity contribution in [2.75, 3.05) is 19.7 Å². The first-order valence-corrected chi connectivity index (χ1v) is 9.31. The van der Waals surface area contributed by atoms with E-state index >= 15 is 0 Å². The summed E-state index contributed by atoms with van der Waals surface area (Å²) in [6, 6.07) is 7.74. The minimum atomic E-state index is -0.0499. The van der Waals surface area contributed by atoms with E-state index in [4.69, 9.17) is 9.47 Å². The third-order valence-corrected chi connectivity index (χ3v) is 4.85. The van der Waals surface area contributed by atoms with Gasteiger partial charge in [0.25, 0.3) is 0 Å². The van der Waals surface area contributed by atoms with Gasteiger partial charge in [-0.15, -0.1) is 11.3 Å². The molecule has 1 unspecified atom stereocenters. The molecule has 0 aliphatic carbocycles. The van der Waals surface area contributed by atoms with Gasteiger partial charge in [0.2, 0.25) is 0 Å². The van der Waals surface area contributed by atoms with Gasteiger partial charge in [-0.05, 0) is 32.9 Å². The zero-order chi connectivity index (χ0) is 17.6. The van der Waals surface area contributed by atoms with Crippen molar-refractivity contribution in [2.45, 2.75) is 33.4 Å². The van der Waals surface area contributed by atoms with Crippen molar-refractivity contribution in [3.8, 4) is 11.5 Å². The van der Waals surface area contributed by atoms with Gasteiger partial charge in [-0.3, -0.25) is 0 Å². The lowest BCUT2D eigenvalue weighted by molar-refractivity contribution is 0.0936. The molecule has 0 bridgehead atoms. The summed E-state index contributed by atoms with van der Waals surface area (Å²) in [5, 5.41) is 7.68. The Balaban J connectivity index is 1.57. The molecule has 0 fully saturated rings. The van der Waals surface area contributed by atoms with E-state index in [1.807, 2.05) is 38.1 Å². The molecule has 2 aromatic rings. The summed E-state index contributed by atoms with van der Waals surface area (Å²) in [7, 11) is 0. The van der Waals surface area contributed by atoms with Crippen molar-refractivity contribution in [3.63, 3.8) is 0 Å². The summed E-state index contributed by atoms with van der Waals surface area (Å²) in [5.41, 5.74) is 1.06. The molecule has 6 nitrogen and oxygen atoms in total. The number of thiazole rings is 1. The number of aryl methyl sites for hydroxylation is 2. The van der Waals surface area contributed by atoms with Crippen molar-refractivity contribution < 1.29 is 9.47 Å². The van der Waals surface area contributed by atoms with E-state index in [0.717, 1.165) is 34.7 Å². The first-order chi connectivity index (χ1) is 12.2. The van der Waals surface area contributed by atoms with E-state index in [1.54, 1.807) is 11.3 Å². The van der Waals surface area contributed by atoms with Crippen molar-refractivity contribution in [1.29, 1.82) is 0 Å². The normalized spacial score (nSPS) is 16.6. The maximum absolute atomic E-state index is 5.97. The number of hydrogen-bond acceptors (Lipinski definition) is 5. The van der Waals surface area contributed by atoms with E-state index in [9.17, 15) is 0 Å². The topological polar surface area (TPSA) is 67.8 Å². The number of nitrogens with zero attached hydrogens (tertiary/aromatic N) is 2. The van der Waals surface area contributed by atoms with Gasteiger partial charge >= 0.3 is 0 Å². The third kappa shape index (κ3) is 4.63. The Morgan fingerprint density at radius 3 is 2.80 bits per heavy atom. The Bertz CT molecular complexity index is 744. The van der Waals surface area contributed by atoms with Crippen LogP contribution in [0.25, 0.3) is 0 Å². The Labute approximate surface area is 152 Å². The van der Waals surface area contributed by atoms with E-state index in [-0.39, 0.29) is 6.10 Å². The summed E-state index contributed by atoms with van der Waals surface area (Å²) >= 11 is 1.69. The molecule has 1 aromatic carbocycles. The van der Waals surface area contributed by atoms with E-state index in [1.165, 1.54) is 4.88 Å². The molecule has 3 rings (SSSR count). The van der Waals surface area contributed by atoms with E-state index in [2.05, 4.69) is 27.5 Å². The first-order valence-electron chi connectivity index (χ1n) is 8.49. The molecule has 25 heavy (non-hydrogen) atoms. The maximum atomic E-state index is 5.97. The van der Waals surface area contributed by atoms with Gasteiger partial charge < -0.3 is 20.1 Å². The van der Waals surface area contributed by atoms with Gasteiger partial charge in [-0.2, -0.15) is 0 Å². The molecule has 134 valence electrons. The number of benzene rings is 1. The number of fused-ring (bicyclic) bond motifs is 1. The fourth-order valence-corrected chi connectivity index (χ4v) is 3.45. The third-order valence-electron chi connectivity index (χ3n) is 3.79. The molecule has 0 saturated heterocycles. The predicted molar refractivity (Wildman–Crippen MR) is 101 cm³/mol. The van der Waals surface area contributed by atoms with Crippen LogP contribution in [-0.4, -0.2) is 36.7 Å². The summed E-state index contributed by atoms with van der Waals surface area (Å²) < 4.78 is 11.7. The number of hydrogen-bond donors (Lipinski definition) is 2. The summed E-state index contributed by atoms with van der Waals surface area (Å²) in [5.74, 6) is 2.36. The second-order valence-corrected chi connectivity index (χ2v) is 7.10. The molecule has 1 aromatic heterocycles. The molecule has 2 heterocycles. The molecule has 0 amide bonds. The van der Waals surface area contributed by atoms with Crippen LogP contribution in [0.3, 0.4) is 0 Å². The van der Waals surface area contributed by atoms with Crippen LogP contribution in [0.15, 0.2) is 29.3 Å². The molecule has 1 aliphatic heterocycles. The summed E-state index contributed by atoms with van der Waals surface area (Å²) in [6.45, 7) is 8.67. The molecule has 1 atom stereocenters. The lowest BCUT2D eigenvalue weighted by atomic mass is 10.2. The number of nitrogens with one attached hydrogen (secondary N) is 2. The second kappa shape index (κ2) is 8.20. The number of aliphatic imine (C=N–C) groups is 1. The minimum absolute atomic E-state index is 0.0499. The highest BCUT2D eigenvalue weighted by molar-refractivity contribution is 7.11. The number of rotatable bonds is 5. The highest BCUT2D eigenvalue weighted by Crippen LogP contribution is 2.30. The highest BCUT2D eigenvalue weighted by Gasteiger charge is 2.20. The number of aromatic nitrogens is 1. The molecule has 7 heteroatoms.